The molecule has 9 aromatic carbocycles. The number of benzene rings is 9. The standard InChI is InChI=1S/C51H33NO/c1-2-19-36(20-3-1)52(48-29-13-18-35-16-5-7-22-39(35)48)37-31-32-46-43(33-37)40-23-8-10-26-45(40)51(46,44-27-12-17-34-15-4-6-21-38(34)44)47-28-14-25-42-41-24-9-11-30-49(41)53-50(42)47/h1-33H/i4D,6D,12D,15D,17D,21D,27D. The fraction of sp³-hybridized carbons (Fsp3) is 0.0196. The number of nitrogens with zero attached hydrogens (tertiary/aromatic N) is 1. The Balaban J connectivity index is 1.32. The van der Waals surface area contributed by atoms with E-state index in [0.717, 1.165) is 60.9 Å². The van der Waals surface area contributed by atoms with Crippen LogP contribution in [0, 0.1) is 0 Å². The van der Waals surface area contributed by atoms with Crippen LogP contribution in [-0.2, 0) is 5.41 Å². The molecule has 0 radical (unpaired) electrons. The lowest BCUT2D eigenvalue weighted by Crippen LogP contribution is -2.29. The van der Waals surface area contributed by atoms with E-state index in [9.17, 15) is 4.11 Å². The lowest BCUT2D eigenvalue weighted by atomic mass is 9.66. The topological polar surface area (TPSA) is 16.4 Å². The highest BCUT2D eigenvalue weighted by molar-refractivity contribution is 6.08. The van der Waals surface area contributed by atoms with Gasteiger partial charge >= 0.3 is 0 Å². The van der Waals surface area contributed by atoms with Crippen LogP contribution in [-0.4, -0.2) is 0 Å². The van der Waals surface area contributed by atoms with Gasteiger partial charge in [0.25, 0.3) is 0 Å². The molecule has 1 aromatic heterocycles. The number of rotatable bonds is 5. The minimum absolute atomic E-state index is 0.0357. The number of hydrogen-bond donors (Lipinski definition) is 0. The molecular formula is C51H33NO. The monoisotopic (exact) mass is 682 g/mol. The van der Waals surface area contributed by atoms with E-state index < -0.39 is 35.6 Å². The average molecular weight is 683 g/mol. The van der Waals surface area contributed by atoms with Gasteiger partial charge in [0.2, 0.25) is 0 Å². The van der Waals surface area contributed by atoms with Gasteiger partial charge in [-0.05, 0) is 80.4 Å². The van der Waals surface area contributed by atoms with Crippen LogP contribution in [0.3, 0.4) is 0 Å². The van der Waals surface area contributed by atoms with Crippen molar-refractivity contribution >= 4 is 60.5 Å². The van der Waals surface area contributed by atoms with Gasteiger partial charge in [0.15, 0.2) is 0 Å². The summed E-state index contributed by atoms with van der Waals surface area (Å²) in [5.74, 6) is 0. The zero-order chi connectivity index (χ0) is 41.0. The Hall–Kier alpha value is -6.90. The van der Waals surface area contributed by atoms with Crippen molar-refractivity contribution in [3.63, 3.8) is 0 Å². The van der Waals surface area contributed by atoms with E-state index in [4.69, 9.17) is 9.90 Å². The average Bonchev–Trinajstić information content (AvgIpc) is 3.81. The predicted molar refractivity (Wildman–Crippen MR) is 221 cm³/mol. The SMILES string of the molecule is [2H]c1c([2H])c([2H])c2c(C3(c4cccc5c4oc4ccccc45)c4ccccc4-c4cc(N(c5ccccc5)c5cccc6ccccc56)ccc43)c([2H])c([2H])c([2H])c2c1[2H]. The van der Waals surface area contributed by atoms with Gasteiger partial charge in [-0.3, -0.25) is 0 Å². The second-order valence-electron chi connectivity index (χ2n) is 13.5. The summed E-state index contributed by atoms with van der Waals surface area (Å²) in [5.41, 5.74) is 6.70. The zero-order valence-electron chi connectivity index (χ0n) is 35.4. The fourth-order valence-corrected chi connectivity index (χ4v) is 8.65. The summed E-state index contributed by atoms with van der Waals surface area (Å²) in [5, 5.41) is 3.87. The highest BCUT2D eigenvalue weighted by Crippen LogP contribution is 2.59. The summed E-state index contributed by atoms with van der Waals surface area (Å²) in [7, 11) is 0. The third-order valence-electron chi connectivity index (χ3n) is 10.8. The van der Waals surface area contributed by atoms with Crippen LogP contribution in [0.25, 0.3) is 54.6 Å². The molecule has 53 heavy (non-hydrogen) atoms. The first kappa shape index (κ1) is 23.6. The van der Waals surface area contributed by atoms with Gasteiger partial charge in [-0.25, -0.2) is 0 Å². The maximum Gasteiger partial charge on any atom is 0.140 e. The van der Waals surface area contributed by atoms with E-state index in [1.807, 2.05) is 97.1 Å². The third kappa shape index (κ3) is 4.27. The molecule has 11 rings (SSSR count). The van der Waals surface area contributed by atoms with Crippen molar-refractivity contribution in [1.82, 2.24) is 0 Å². The Morgan fingerprint density at radius 1 is 0.434 bits per heavy atom. The molecule has 0 amide bonds. The number of anilines is 3. The van der Waals surface area contributed by atoms with E-state index in [1.165, 1.54) is 0 Å². The van der Waals surface area contributed by atoms with E-state index >= 15 is 0 Å². The molecule has 2 nitrogen and oxygen atoms in total. The quantitative estimate of drug-likeness (QED) is 0.180. The summed E-state index contributed by atoms with van der Waals surface area (Å²) < 4.78 is 71.1. The molecule has 248 valence electrons. The molecule has 0 bridgehead atoms. The molecule has 1 aliphatic carbocycles. The first-order valence-electron chi connectivity index (χ1n) is 21.2. The van der Waals surface area contributed by atoms with Gasteiger partial charge in [-0.1, -0.05) is 164 Å². The molecular weight excluding hydrogens is 643 g/mol. The maximum absolute atomic E-state index is 9.86. The number of furan rings is 1. The Labute approximate surface area is 317 Å². The molecule has 0 saturated carbocycles. The summed E-state index contributed by atoms with van der Waals surface area (Å²) in [6.45, 7) is 0. The van der Waals surface area contributed by atoms with Crippen LogP contribution in [0.1, 0.15) is 31.8 Å². The van der Waals surface area contributed by atoms with Gasteiger partial charge < -0.3 is 9.32 Å². The molecule has 0 aliphatic heterocycles. The third-order valence-corrected chi connectivity index (χ3v) is 10.8. The van der Waals surface area contributed by atoms with Crippen LogP contribution in [0.2, 0.25) is 0 Å². The van der Waals surface area contributed by atoms with Crippen molar-refractivity contribution < 1.29 is 14.0 Å². The minimum Gasteiger partial charge on any atom is -0.456 e. The van der Waals surface area contributed by atoms with Crippen LogP contribution in [0.4, 0.5) is 17.1 Å². The molecule has 0 spiro atoms. The van der Waals surface area contributed by atoms with Gasteiger partial charge in [0.1, 0.15) is 11.2 Å². The molecule has 1 heterocycles. The van der Waals surface area contributed by atoms with Crippen molar-refractivity contribution in [2.75, 3.05) is 4.90 Å². The number of hydrogen-bond acceptors (Lipinski definition) is 2. The highest BCUT2D eigenvalue weighted by Gasteiger charge is 2.48. The predicted octanol–water partition coefficient (Wildman–Crippen LogP) is 13.7. The second kappa shape index (κ2) is 11.6. The largest absolute Gasteiger partial charge is 0.456 e. The van der Waals surface area contributed by atoms with E-state index in [-0.39, 0.29) is 28.4 Å². The van der Waals surface area contributed by atoms with Crippen molar-refractivity contribution in [1.29, 1.82) is 0 Å². The first-order valence-corrected chi connectivity index (χ1v) is 17.7. The van der Waals surface area contributed by atoms with E-state index in [1.54, 1.807) is 0 Å². The molecule has 0 fully saturated rings. The van der Waals surface area contributed by atoms with Crippen LogP contribution in [0.5, 0.6) is 0 Å². The minimum atomic E-state index is -1.45. The Morgan fingerprint density at radius 3 is 2.08 bits per heavy atom. The van der Waals surface area contributed by atoms with Crippen LogP contribution < -0.4 is 4.90 Å². The van der Waals surface area contributed by atoms with Crippen molar-refractivity contribution in [3.8, 4) is 11.1 Å². The summed E-state index contributed by atoms with van der Waals surface area (Å²) in [6, 6.07) is 49.9. The smallest absolute Gasteiger partial charge is 0.140 e. The second-order valence-corrected chi connectivity index (χ2v) is 13.5. The van der Waals surface area contributed by atoms with Crippen molar-refractivity contribution in [3.05, 3.63) is 222 Å². The Kier molecular flexibility index (Phi) is 5.14. The molecule has 1 unspecified atom stereocenters. The number of para-hydroxylation sites is 3. The van der Waals surface area contributed by atoms with Crippen molar-refractivity contribution in [2.24, 2.45) is 0 Å². The molecule has 2 heteroatoms. The lowest BCUT2D eigenvalue weighted by Gasteiger charge is -2.35. The lowest BCUT2D eigenvalue weighted by molar-refractivity contribution is 0.649. The first-order chi connectivity index (χ1) is 29.2. The molecule has 1 atom stereocenters. The zero-order valence-corrected chi connectivity index (χ0v) is 28.4. The Bertz CT molecular complexity index is 3420. The van der Waals surface area contributed by atoms with Gasteiger partial charge in [0.05, 0.1) is 20.7 Å². The van der Waals surface area contributed by atoms with Gasteiger partial charge in [-0.2, -0.15) is 0 Å². The van der Waals surface area contributed by atoms with E-state index in [0.29, 0.717) is 16.7 Å². The summed E-state index contributed by atoms with van der Waals surface area (Å²) in [4.78, 5) is 2.24. The van der Waals surface area contributed by atoms with Gasteiger partial charge in [-0.15, -0.1) is 0 Å². The Morgan fingerprint density at radius 2 is 1.13 bits per heavy atom. The van der Waals surface area contributed by atoms with E-state index in [2.05, 4.69) is 65.6 Å². The maximum atomic E-state index is 9.86. The molecule has 1 aliphatic rings. The molecule has 0 saturated heterocycles. The fourth-order valence-electron chi connectivity index (χ4n) is 8.65. The summed E-state index contributed by atoms with van der Waals surface area (Å²) >= 11 is 0. The van der Waals surface area contributed by atoms with Crippen LogP contribution >= 0.6 is 0 Å². The highest BCUT2D eigenvalue weighted by atomic mass is 16.3. The van der Waals surface area contributed by atoms with Crippen molar-refractivity contribution in [2.45, 2.75) is 5.41 Å². The summed E-state index contributed by atoms with van der Waals surface area (Å²) in [6.07, 6.45) is 0. The normalized spacial score (nSPS) is 16.7. The molecule has 0 N–H and O–H groups in total. The number of fused-ring (bicyclic) bond motifs is 8. The van der Waals surface area contributed by atoms with Gasteiger partial charge in [0, 0.05) is 33.1 Å². The van der Waals surface area contributed by atoms with Crippen LogP contribution in [0.15, 0.2) is 204 Å². The molecule has 10 aromatic rings.